The average molecular weight is 390 g/mol. The first-order chi connectivity index (χ1) is 14.1. The van der Waals surface area contributed by atoms with E-state index < -0.39 is 0 Å². The first kappa shape index (κ1) is 18.2. The van der Waals surface area contributed by atoms with Gasteiger partial charge >= 0.3 is 0 Å². The van der Waals surface area contributed by atoms with Crippen molar-refractivity contribution in [2.45, 2.75) is 13.5 Å². The highest BCUT2D eigenvalue weighted by molar-refractivity contribution is 6.05. The third-order valence-corrected chi connectivity index (χ3v) is 4.22. The predicted octanol–water partition coefficient (Wildman–Crippen LogP) is 3.39. The lowest BCUT2D eigenvalue weighted by Gasteiger charge is -2.09. The molecule has 4 rings (SSSR count). The normalized spacial score (nSPS) is 10.7. The molecule has 0 spiro atoms. The van der Waals surface area contributed by atoms with E-state index in [1.165, 1.54) is 0 Å². The van der Waals surface area contributed by atoms with E-state index in [2.05, 4.69) is 25.9 Å². The summed E-state index contributed by atoms with van der Waals surface area (Å²) in [7, 11) is 0. The van der Waals surface area contributed by atoms with Gasteiger partial charge in [0, 0.05) is 30.2 Å². The number of furan rings is 1. The number of rotatable bonds is 6. The molecule has 0 aliphatic rings. The van der Waals surface area contributed by atoms with E-state index in [0.29, 0.717) is 35.1 Å². The van der Waals surface area contributed by atoms with E-state index in [9.17, 15) is 9.59 Å². The maximum absolute atomic E-state index is 12.5. The van der Waals surface area contributed by atoms with Crippen LogP contribution in [-0.2, 0) is 6.54 Å². The number of hydrogen-bond donors (Lipinski definition) is 3. The molecular formula is C20H18N6O3. The van der Waals surface area contributed by atoms with Gasteiger partial charge in [-0.2, -0.15) is 10.2 Å². The Kier molecular flexibility index (Phi) is 4.93. The highest BCUT2D eigenvalue weighted by Crippen LogP contribution is 2.20. The van der Waals surface area contributed by atoms with Crippen molar-refractivity contribution in [2.24, 2.45) is 0 Å². The van der Waals surface area contributed by atoms with E-state index in [0.717, 1.165) is 0 Å². The summed E-state index contributed by atoms with van der Waals surface area (Å²) >= 11 is 0. The molecule has 29 heavy (non-hydrogen) atoms. The van der Waals surface area contributed by atoms with Crippen molar-refractivity contribution in [3.8, 4) is 11.5 Å². The van der Waals surface area contributed by atoms with Gasteiger partial charge in [0.15, 0.2) is 11.5 Å². The van der Waals surface area contributed by atoms with E-state index in [-0.39, 0.29) is 17.5 Å². The van der Waals surface area contributed by atoms with E-state index >= 15 is 0 Å². The molecule has 146 valence electrons. The molecule has 0 unspecified atom stereocenters. The van der Waals surface area contributed by atoms with Crippen molar-refractivity contribution in [2.75, 3.05) is 10.6 Å². The molecule has 3 aromatic heterocycles. The van der Waals surface area contributed by atoms with Gasteiger partial charge in [-0.05, 0) is 43.3 Å². The second kappa shape index (κ2) is 7.85. The molecule has 4 aromatic rings. The van der Waals surface area contributed by atoms with E-state index in [1.807, 2.05) is 6.92 Å². The number of aromatic amines is 1. The van der Waals surface area contributed by atoms with Gasteiger partial charge in [0.1, 0.15) is 11.4 Å². The highest BCUT2D eigenvalue weighted by atomic mass is 16.3. The molecule has 3 heterocycles. The molecule has 0 radical (unpaired) electrons. The second-order valence-electron chi connectivity index (χ2n) is 6.17. The lowest BCUT2D eigenvalue weighted by molar-refractivity contribution is 0.101. The SMILES string of the molecule is CCn1nccc1C(=O)Nc1cccc(NC(=O)c2cc(-c3ccco3)[nH]n2)c1. The van der Waals surface area contributed by atoms with Crippen molar-refractivity contribution in [1.82, 2.24) is 20.0 Å². The van der Waals surface area contributed by atoms with E-state index in [4.69, 9.17) is 4.42 Å². The van der Waals surface area contributed by atoms with Crippen LogP contribution in [0.2, 0.25) is 0 Å². The number of aryl methyl sites for hydroxylation is 1. The number of anilines is 2. The Labute approximate surface area is 165 Å². The van der Waals surface area contributed by atoms with Crippen molar-refractivity contribution < 1.29 is 14.0 Å². The van der Waals surface area contributed by atoms with Crippen LogP contribution in [0.1, 0.15) is 27.9 Å². The summed E-state index contributed by atoms with van der Waals surface area (Å²) < 4.78 is 6.89. The summed E-state index contributed by atoms with van der Waals surface area (Å²) in [5, 5.41) is 16.5. The fourth-order valence-electron chi connectivity index (χ4n) is 2.84. The number of aromatic nitrogens is 4. The van der Waals surface area contributed by atoms with Crippen LogP contribution in [0.3, 0.4) is 0 Å². The smallest absolute Gasteiger partial charge is 0.276 e. The fraction of sp³-hybridized carbons (Fsp3) is 0.100. The Balaban J connectivity index is 1.45. The Hall–Kier alpha value is -4.14. The summed E-state index contributed by atoms with van der Waals surface area (Å²) in [6.07, 6.45) is 3.12. The van der Waals surface area contributed by atoms with Crippen LogP contribution in [0.25, 0.3) is 11.5 Å². The Bertz CT molecular complexity index is 1140. The Morgan fingerprint density at radius 3 is 2.59 bits per heavy atom. The summed E-state index contributed by atoms with van der Waals surface area (Å²) in [6, 6.07) is 13.6. The quantitative estimate of drug-likeness (QED) is 0.466. The highest BCUT2D eigenvalue weighted by Gasteiger charge is 2.14. The Morgan fingerprint density at radius 2 is 1.86 bits per heavy atom. The minimum Gasteiger partial charge on any atom is -0.463 e. The predicted molar refractivity (Wildman–Crippen MR) is 107 cm³/mol. The summed E-state index contributed by atoms with van der Waals surface area (Å²) in [4.78, 5) is 24.9. The second-order valence-corrected chi connectivity index (χ2v) is 6.17. The molecule has 0 saturated carbocycles. The fourth-order valence-corrected chi connectivity index (χ4v) is 2.84. The molecule has 2 amide bonds. The largest absolute Gasteiger partial charge is 0.463 e. The zero-order chi connectivity index (χ0) is 20.2. The van der Waals surface area contributed by atoms with Crippen molar-refractivity contribution in [1.29, 1.82) is 0 Å². The lowest BCUT2D eigenvalue weighted by atomic mass is 10.2. The molecule has 1 aromatic carbocycles. The van der Waals surface area contributed by atoms with Crippen LogP contribution >= 0.6 is 0 Å². The monoisotopic (exact) mass is 390 g/mol. The minimum absolute atomic E-state index is 0.220. The topological polar surface area (TPSA) is 118 Å². The first-order valence-electron chi connectivity index (χ1n) is 8.98. The summed E-state index contributed by atoms with van der Waals surface area (Å²) in [6.45, 7) is 2.50. The van der Waals surface area contributed by atoms with Gasteiger partial charge in [0.2, 0.25) is 0 Å². The van der Waals surface area contributed by atoms with Crippen LogP contribution in [0.5, 0.6) is 0 Å². The summed E-state index contributed by atoms with van der Waals surface area (Å²) in [5.74, 6) is -0.0672. The zero-order valence-corrected chi connectivity index (χ0v) is 15.5. The van der Waals surface area contributed by atoms with Crippen molar-refractivity contribution >= 4 is 23.2 Å². The molecule has 0 atom stereocenters. The minimum atomic E-state index is -0.383. The number of benzene rings is 1. The Morgan fingerprint density at radius 1 is 1.07 bits per heavy atom. The molecular weight excluding hydrogens is 372 g/mol. The maximum atomic E-state index is 12.5. The van der Waals surface area contributed by atoms with Gasteiger partial charge in [0.25, 0.3) is 11.8 Å². The van der Waals surface area contributed by atoms with Crippen LogP contribution in [0.4, 0.5) is 11.4 Å². The standard InChI is InChI=1S/C20H18N6O3/c1-2-26-17(8-9-21-26)20(28)23-14-6-3-5-13(11-14)22-19(27)16-12-15(24-25-16)18-7-4-10-29-18/h3-12H,2H2,1H3,(H,22,27)(H,23,28)(H,24,25). The van der Waals surface area contributed by atoms with Gasteiger partial charge in [-0.3, -0.25) is 19.4 Å². The molecule has 3 N–H and O–H groups in total. The third kappa shape index (κ3) is 3.93. The van der Waals surface area contributed by atoms with Crippen LogP contribution in [0, 0.1) is 0 Å². The van der Waals surface area contributed by atoms with Crippen molar-refractivity contribution in [3.05, 3.63) is 72.4 Å². The number of H-pyrrole nitrogens is 1. The maximum Gasteiger partial charge on any atom is 0.276 e. The van der Waals surface area contributed by atoms with E-state index in [1.54, 1.807) is 65.7 Å². The molecule has 0 aliphatic heterocycles. The van der Waals surface area contributed by atoms with Gasteiger partial charge < -0.3 is 15.1 Å². The molecule has 0 fully saturated rings. The van der Waals surface area contributed by atoms with Gasteiger partial charge in [-0.15, -0.1) is 0 Å². The number of nitrogens with zero attached hydrogens (tertiary/aromatic N) is 3. The number of nitrogens with one attached hydrogen (secondary N) is 3. The van der Waals surface area contributed by atoms with Crippen LogP contribution < -0.4 is 10.6 Å². The number of carbonyl (C=O) groups excluding carboxylic acids is 2. The van der Waals surface area contributed by atoms with Crippen molar-refractivity contribution in [3.63, 3.8) is 0 Å². The number of amides is 2. The third-order valence-electron chi connectivity index (χ3n) is 4.22. The van der Waals surface area contributed by atoms with Crippen LogP contribution in [-0.4, -0.2) is 31.8 Å². The first-order valence-corrected chi connectivity index (χ1v) is 8.98. The molecule has 9 heteroatoms. The molecule has 0 saturated heterocycles. The number of hydrogen-bond acceptors (Lipinski definition) is 5. The van der Waals surface area contributed by atoms with Gasteiger partial charge in [-0.1, -0.05) is 6.07 Å². The lowest BCUT2D eigenvalue weighted by Crippen LogP contribution is -2.17. The molecule has 9 nitrogen and oxygen atoms in total. The summed E-state index contributed by atoms with van der Waals surface area (Å²) in [5.41, 5.74) is 2.37. The molecule has 0 bridgehead atoms. The average Bonchev–Trinajstić information content (AvgIpc) is 3.49. The zero-order valence-electron chi connectivity index (χ0n) is 15.5. The van der Waals surface area contributed by atoms with Gasteiger partial charge in [-0.25, -0.2) is 0 Å². The van der Waals surface area contributed by atoms with Gasteiger partial charge in [0.05, 0.1) is 6.26 Å². The molecule has 0 aliphatic carbocycles. The number of carbonyl (C=O) groups is 2. The van der Waals surface area contributed by atoms with Crippen LogP contribution in [0.15, 0.2) is 65.4 Å².